The summed E-state index contributed by atoms with van der Waals surface area (Å²) in [5, 5.41) is 16.0. The van der Waals surface area contributed by atoms with E-state index in [0.29, 0.717) is 18.8 Å². The van der Waals surface area contributed by atoms with E-state index in [9.17, 15) is 24.3 Å². The van der Waals surface area contributed by atoms with Crippen LogP contribution in [0.5, 0.6) is 0 Å². The van der Waals surface area contributed by atoms with Crippen LogP contribution in [-0.4, -0.2) is 78.7 Å². The van der Waals surface area contributed by atoms with E-state index in [1.165, 1.54) is 0 Å². The maximum Gasteiger partial charge on any atom is 0.264 e. The van der Waals surface area contributed by atoms with Crippen LogP contribution in [0.4, 0.5) is 11.4 Å². The summed E-state index contributed by atoms with van der Waals surface area (Å²) in [7, 11) is -2.91. The fourth-order valence-electron chi connectivity index (χ4n) is 8.05. The highest BCUT2D eigenvalue weighted by Crippen LogP contribution is 2.59. The quantitative estimate of drug-likeness (QED) is 0.334. The second kappa shape index (κ2) is 12.0. The van der Waals surface area contributed by atoms with Gasteiger partial charge in [-0.3, -0.25) is 14.4 Å². The average Bonchev–Trinajstić information content (AvgIpc) is 3.78. The number of amides is 3. The number of fused-ring (bicyclic) bond motifs is 2. The predicted octanol–water partition coefficient (Wildman–Crippen LogP) is 3.10. The molecule has 4 aliphatic heterocycles. The Morgan fingerprint density at radius 1 is 1.11 bits per heavy atom. The molecule has 4 aliphatic rings. The van der Waals surface area contributed by atoms with Crippen LogP contribution in [0.25, 0.3) is 0 Å². The number of carbonyl (C=O) groups is 3. The summed E-state index contributed by atoms with van der Waals surface area (Å²) in [5.74, 6) is -0.698. The largest absolute Gasteiger partial charge is 0.432 e. The van der Waals surface area contributed by atoms with Crippen LogP contribution in [0.15, 0.2) is 48.5 Å². The fraction of sp³-hybridized carbons (Fsp3) is 0.545. The lowest BCUT2D eigenvalue weighted by Gasteiger charge is -2.32. The molecule has 2 aromatic rings. The normalized spacial score (nSPS) is 29.9. The lowest BCUT2D eigenvalue weighted by Crippen LogP contribution is -2.46. The Bertz CT molecular complexity index is 1410. The van der Waals surface area contributed by atoms with E-state index in [-0.39, 0.29) is 54.3 Å². The summed E-state index contributed by atoms with van der Waals surface area (Å²) in [5.41, 5.74) is 1.46. The molecular weight excluding hydrogens is 576 g/mol. The lowest BCUT2D eigenvalue weighted by molar-refractivity contribution is -0.150. The van der Waals surface area contributed by atoms with Gasteiger partial charge in [0, 0.05) is 29.3 Å². The number of anilines is 2. The molecule has 0 aromatic heterocycles. The number of benzene rings is 2. The van der Waals surface area contributed by atoms with Crippen LogP contribution < -0.4 is 15.5 Å². The van der Waals surface area contributed by atoms with Crippen LogP contribution in [0.3, 0.4) is 0 Å². The molecule has 0 radical (unpaired) electrons. The standard InChI is InChI=1S/C33H44N4O6Si/c1-21-30(44(2,3)42)28(18-29(39)36-17-7-8-24(36)20-38)43-33(21)25-9-4-5-11-27(25)37(32(33)41)19-22-12-14-23(15-13-22)35-31(40)26-10-6-16-34-26/h4-5,9,11-15,21,24,26,28,30,34,38,42H,6-8,10,16-20H2,1-3H3,(H,35,40)/t21-,24-,26+,28+,30-,33+/m0/s1. The molecule has 0 unspecified atom stereocenters. The SMILES string of the molecule is C[C@H]1[C@H]([Si](C)(C)O)[C@@H](CC(=O)N2CCC[C@H]2CO)O[C@]12C(=O)N(Cc1ccc(NC(=O)[C@H]3CCCN3)cc1)c1ccccc12. The number of nitrogens with one attached hydrogen (secondary N) is 2. The molecule has 2 aromatic carbocycles. The first-order valence-electron chi connectivity index (χ1n) is 15.9. The molecule has 0 bridgehead atoms. The van der Waals surface area contributed by atoms with E-state index >= 15 is 0 Å². The fourth-order valence-corrected chi connectivity index (χ4v) is 10.6. The maximum absolute atomic E-state index is 14.6. The molecule has 6 rings (SSSR count). The van der Waals surface area contributed by atoms with Crippen molar-refractivity contribution < 1.29 is 29.0 Å². The third kappa shape index (κ3) is 5.38. The minimum atomic E-state index is -2.91. The molecule has 236 valence electrons. The average molecular weight is 621 g/mol. The number of ether oxygens (including phenoxy) is 1. The van der Waals surface area contributed by atoms with Crippen molar-refractivity contribution in [3.8, 4) is 0 Å². The van der Waals surface area contributed by atoms with Crippen molar-refractivity contribution >= 4 is 37.4 Å². The zero-order chi connectivity index (χ0) is 31.2. The van der Waals surface area contributed by atoms with Gasteiger partial charge in [-0.1, -0.05) is 37.3 Å². The van der Waals surface area contributed by atoms with Crippen LogP contribution in [-0.2, 0) is 31.3 Å². The van der Waals surface area contributed by atoms with Gasteiger partial charge in [0.25, 0.3) is 5.91 Å². The molecule has 10 nitrogen and oxygen atoms in total. The van der Waals surface area contributed by atoms with Crippen molar-refractivity contribution in [3.05, 3.63) is 59.7 Å². The van der Waals surface area contributed by atoms with Gasteiger partial charge < -0.3 is 35.1 Å². The zero-order valence-electron chi connectivity index (χ0n) is 25.8. The van der Waals surface area contributed by atoms with Gasteiger partial charge in [0.15, 0.2) is 13.9 Å². The number of aliphatic hydroxyl groups excluding tert-OH is 1. The molecule has 4 N–H and O–H groups in total. The predicted molar refractivity (Wildman–Crippen MR) is 169 cm³/mol. The molecule has 11 heteroatoms. The number of aliphatic hydroxyl groups is 1. The first-order valence-corrected chi connectivity index (χ1v) is 18.9. The van der Waals surface area contributed by atoms with Gasteiger partial charge in [0.1, 0.15) is 0 Å². The highest BCUT2D eigenvalue weighted by Gasteiger charge is 2.66. The van der Waals surface area contributed by atoms with Gasteiger partial charge in [-0.15, -0.1) is 0 Å². The van der Waals surface area contributed by atoms with Gasteiger partial charge >= 0.3 is 0 Å². The number of para-hydroxylation sites is 1. The van der Waals surface area contributed by atoms with Crippen molar-refractivity contribution in [2.24, 2.45) is 5.92 Å². The van der Waals surface area contributed by atoms with Gasteiger partial charge in [0.05, 0.1) is 43.4 Å². The summed E-state index contributed by atoms with van der Waals surface area (Å²) >= 11 is 0. The summed E-state index contributed by atoms with van der Waals surface area (Å²) in [6.45, 7) is 7.36. The van der Waals surface area contributed by atoms with E-state index in [1.54, 1.807) is 9.80 Å². The number of hydrogen-bond donors (Lipinski definition) is 4. The van der Waals surface area contributed by atoms with E-state index in [1.807, 2.05) is 68.5 Å². The van der Waals surface area contributed by atoms with Crippen molar-refractivity contribution in [2.45, 2.75) is 88.0 Å². The summed E-state index contributed by atoms with van der Waals surface area (Å²) in [6.07, 6.45) is 2.87. The summed E-state index contributed by atoms with van der Waals surface area (Å²) in [6, 6.07) is 14.8. The third-order valence-corrected chi connectivity index (χ3v) is 12.6. The van der Waals surface area contributed by atoms with Crippen LogP contribution in [0, 0.1) is 5.92 Å². The highest BCUT2D eigenvalue weighted by molar-refractivity contribution is 6.71. The van der Waals surface area contributed by atoms with Crippen LogP contribution in [0.1, 0.15) is 50.2 Å². The molecule has 3 saturated heterocycles. The third-order valence-electron chi connectivity index (χ3n) is 10.1. The Hall–Kier alpha value is -3.09. The number of nitrogens with zero attached hydrogens (tertiary/aromatic N) is 2. The van der Waals surface area contributed by atoms with Gasteiger partial charge in [0.2, 0.25) is 11.8 Å². The number of rotatable bonds is 8. The topological polar surface area (TPSA) is 131 Å². The van der Waals surface area contributed by atoms with E-state index in [4.69, 9.17) is 4.74 Å². The molecule has 6 atom stereocenters. The summed E-state index contributed by atoms with van der Waals surface area (Å²) in [4.78, 5) is 55.6. The molecule has 4 heterocycles. The molecule has 1 spiro atoms. The van der Waals surface area contributed by atoms with Crippen molar-refractivity contribution in [1.82, 2.24) is 10.2 Å². The molecule has 0 aliphatic carbocycles. The number of carbonyl (C=O) groups excluding carboxylic acids is 3. The molecule has 3 fully saturated rings. The summed E-state index contributed by atoms with van der Waals surface area (Å²) < 4.78 is 6.80. The zero-order valence-corrected chi connectivity index (χ0v) is 26.8. The van der Waals surface area contributed by atoms with Crippen LogP contribution >= 0.6 is 0 Å². The lowest BCUT2D eigenvalue weighted by atomic mass is 9.82. The Morgan fingerprint density at radius 3 is 2.55 bits per heavy atom. The second-order valence-electron chi connectivity index (χ2n) is 13.4. The van der Waals surface area contributed by atoms with Crippen molar-refractivity contribution in [3.63, 3.8) is 0 Å². The van der Waals surface area contributed by atoms with E-state index < -0.39 is 20.0 Å². The van der Waals surface area contributed by atoms with E-state index in [0.717, 1.165) is 49.0 Å². The van der Waals surface area contributed by atoms with Gasteiger partial charge in [-0.05, 0) is 69.1 Å². The minimum absolute atomic E-state index is 0.0391. The number of hydrogen-bond acceptors (Lipinski definition) is 7. The second-order valence-corrected chi connectivity index (χ2v) is 17.3. The van der Waals surface area contributed by atoms with Crippen molar-refractivity contribution in [2.75, 3.05) is 29.9 Å². The first kappa shape index (κ1) is 30.9. The van der Waals surface area contributed by atoms with Crippen molar-refractivity contribution in [1.29, 1.82) is 0 Å². The molecular formula is C33H44N4O6Si. The Morgan fingerprint density at radius 2 is 1.86 bits per heavy atom. The van der Waals surface area contributed by atoms with Gasteiger partial charge in [-0.25, -0.2) is 0 Å². The molecule has 0 saturated carbocycles. The number of likely N-dealkylation sites (tertiary alicyclic amines) is 1. The van der Waals surface area contributed by atoms with Gasteiger partial charge in [-0.2, -0.15) is 0 Å². The van der Waals surface area contributed by atoms with Crippen LogP contribution in [0.2, 0.25) is 18.6 Å². The Balaban J connectivity index is 1.25. The Kier molecular flexibility index (Phi) is 8.44. The minimum Gasteiger partial charge on any atom is -0.432 e. The smallest absolute Gasteiger partial charge is 0.264 e. The molecule has 44 heavy (non-hydrogen) atoms. The first-order chi connectivity index (χ1) is 21.0. The Labute approximate surface area is 259 Å². The van der Waals surface area contributed by atoms with E-state index in [2.05, 4.69) is 10.6 Å². The highest BCUT2D eigenvalue weighted by atomic mass is 28.4. The molecule has 3 amide bonds. The maximum atomic E-state index is 14.6. The monoisotopic (exact) mass is 620 g/mol.